The first-order valence-electron chi connectivity index (χ1n) is 7.95. The van der Waals surface area contributed by atoms with Gasteiger partial charge in [-0.3, -0.25) is 14.4 Å². The minimum atomic E-state index is -0.719. The van der Waals surface area contributed by atoms with Crippen molar-refractivity contribution in [1.29, 1.82) is 0 Å². The van der Waals surface area contributed by atoms with Crippen molar-refractivity contribution in [3.63, 3.8) is 0 Å². The fraction of sp³-hybridized carbons (Fsp3) is 0.294. The van der Waals surface area contributed by atoms with Gasteiger partial charge in [0.2, 0.25) is 0 Å². The molecule has 1 fully saturated rings. The van der Waals surface area contributed by atoms with Crippen LogP contribution in [0.25, 0.3) is 6.08 Å². The lowest BCUT2D eigenvalue weighted by Crippen LogP contribution is -2.36. The number of ether oxygens (including phenoxy) is 3. The van der Waals surface area contributed by atoms with Gasteiger partial charge in [-0.05, 0) is 30.7 Å². The second kappa shape index (κ2) is 8.70. The molecule has 0 saturated carbocycles. The topological polar surface area (TPSA) is 137 Å². The average Bonchev–Trinajstić information content (AvgIpc) is 2.88. The molecule has 1 aromatic carbocycles. The summed E-state index contributed by atoms with van der Waals surface area (Å²) in [7, 11) is 1.16. The van der Waals surface area contributed by atoms with E-state index >= 15 is 0 Å². The van der Waals surface area contributed by atoms with Crippen molar-refractivity contribution >= 4 is 29.9 Å². The molecule has 0 unspecified atom stereocenters. The fourth-order valence-corrected chi connectivity index (χ4v) is 2.23. The largest absolute Gasteiger partial charge is 0.490 e. The van der Waals surface area contributed by atoms with E-state index in [9.17, 15) is 19.2 Å². The molecule has 0 spiro atoms. The Morgan fingerprint density at radius 3 is 2.59 bits per heavy atom. The summed E-state index contributed by atoms with van der Waals surface area (Å²) in [5, 5.41) is 2.40. The van der Waals surface area contributed by atoms with Gasteiger partial charge in [-0.15, -0.1) is 0 Å². The second-order valence-electron chi connectivity index (χ2n) is 5.35. The van der Waals surface area contributed by atoms with E-state index in [0.29, 0.717) is 23.7 Å². The van der Waals surface area contributed by atoms with Gasteiger partial charge >= 0.3 is 12.0 Å². The quantitative estimate of drug-likeness (QED) is 0.370. The van der Waals surface area contributed by atoms with Gasteiger partial charge in [-0.25, -0.2) is 9.69 Å². The Morgan fingerprint density at radius 1 is 1.22 bits per heavy atom. The van der Waals surface area contributed by atoms with Crippen LogP contribution in [0, 0.1) is 0 Å². The molecule has 4 amide bonds. The molecule has 0 aliphatic carbocycles. The van der Waals surface area contributed by atoms with Crippen molar-refractivity contribution in [3.8, 4) is 11.5 Å². The number of urea groups is 1. The predicted octanol–water partition coefficient (Wildman–Crippen LogP) is 0.0151. The van der Waals surface area contributed by atoms with E-state index in [-0.39, 0.29) is 12.3 Å². The number of benzene rings is 1. The predicted molar refractivity (Wildman–Crippen MR) is 92.5 cm³/mol. The van der Waals surface area contributed by atoms with E-state index in [0.717, 1.165) is 12.0 Å². The van der Waals surface area contributed by atoms with Gasteiger partial charge in [0, 0.05) is 0 Å². The minimum absolute atomic E-state index is 0.00263. The molecule has 10 heteroatoms. The molecule has 3 N–H and O–H groups in total. The molecule has 144 valence electrons. The van der Waals surface area contributed by atoms with Crippen molar-refractivity contribution in [2.75, 3.05) is 26.9 Å². The smallest absolute Gasteiger partial charge is 0.329 e. The van der Waals surface area contributed by atoms with Crippen LogP contribution in [0.5, 0.6) is 11.5 Å². The van der Waals surface area contributed by atoms with Gasteiger partial charge in [0.15, 0.2) is 18.1 Å². The maximum Gasteiger partial charge on any atom is 0.329 e. The third-order valence-corrected chi connectivity index (χ3v) is 3.43. The Balaban J connectivity index is 2.23. The summed E-state index contributed by atoms with van der Waals surface area (Å²) >= 11 is 0. The Kier molecular flexibility index (Phi) is 6.36. The van der Waals surface area contributed by atoms with E-state index in [1.54, 1.807) is 25.1 Å². The van der Waals surface area contributed by atoms with Crippen molar-refractivity contribution in [3.05, 3.63) is 29.5 Å². The summed E-state index contributed by atoms with van der Waals surface area (Å²) in [6.45, 7) is 1.32. The third-order valence-electron chi connectivity index (χ3n) is 3.43. The number of hydrogen-bond donors (Lipinski definition) is 2. The lowest BCUT2D eigenvalue weighted by molar-refractivity contribution is -0.143. The first-order valence-corrected chi connectivity index (χ1v) is 7.95. The van der Waals surface area contributed by atoms with Crippen molar-refractivity contribution in [2.24, 2.45) is 5.73 Å². The van der Waals surface area contributed by atoms with Crippen molar-refractivity contribution < 1.29 is 33.4 Å². The molecule has 10 nitrogen and oxygen atoms in total. The molecule has 27 heavy (non-hydrogen) atoms. The van der Waals surface area contributed by atoms with Gasteiger partial charge in [-0.2, -0.15) is 0 Å². The van der Waals surface area contributed by atoms with E-state index in [1.807, 2.05) is 0 Å². The van der Waals surface area contributed by atoms with Crippen LogP contribution in [-0.2, 0) is 19.1 Å². The fourth-order valence-electron chi connectivity index (χ4n) is 2.23. The molecule has 1 heterocycles. The highest BCUT2D eigenvalue weighted by Gasteiger charge is 2.35. The van der Waals surface area contributed by atoms with Crippen LogP contribution >= 0.6 is 0 Å². The number of nitrogens with two attached hydrogens (primary N) is 1. The zero-order chi connectivity index (χ0) is 20.0. The number of nitrogens with zero attached hydrogens (tertiary/aromatic N) is 1. The van der Waals surface area contributed by atoms with Crippen LogP contribution in [-0.4, -0.2) is 55.6 Å². The van der Waals surface area contributed by atoms with Gasteiger partial charge in [-0.1, -0.05) is 6.07 Å². The van der Waals surface area contributed by atoms with E-state index in [2.05, 4.69) is 10.1 Å². The summed E-state index contributed by atoms with van der Waals surface area (Å²) in [5.74, 6) is -1.34. The Labute approximate surface area is 154 Å². The van der Waals surface area contributed by atoms with Crippen molar-refractivity contribution in [2.45, 2.75) is 6.92 Å². The summed E-state index contributed by atoms with van der Waals surface area (Å²) in [4.78, 5) is 47.1. The number of amides is 4. The standard InChI is InChI=1S/C17H19N3O7/c1-3-26-13-7-10(4-5-12(13)27-9-14(18)21)6-11-16(23)20(17(24)19-11)8-15(22)25-2/h4-7H,3,8-9H2,1-2H3,(H2,18,21)(H,19,24)/b11-6+. The molecule has 0 aromatic heterocycles. The summed E-state index contributed by atoms with van der Waals surface area (Å²) in [6.07, 6.45) is 1.43. The summed E-state index contributed by atoms with van der Waals surface area (Å²) in [6, 6.07) is 4.01. The summed E-state index contributed by atoms with van der Waals surface area (Å²) < 4.78 is 15.2. The molecule has 0 radical (unpaired) electrons. The van der Waals surface area contributed by atoms with E-state index in [1.165, 1.54) is 6.08 Å². The molecule has 1 aromatic rings. The number of nitrogens with one attached hydrogen (secondary N) is 1. The first kappa shape index (κ1) is 19.8. The van der Waals surface area contributed by atoms with Gasteiger partial charge < -0.3 is 25.3 Å². The second-order valence-corrected chi connectivity index (χ2v) is 5.35. The Bertz CT molecular complexity index is 804. The van der Waals surface area contributed by atoms with Crippen LogP contribution in [0.4, 0.5) is 4.79 Å². The van der Waals surface area contributed by atoms with E-state index < -0.39 is 30.4 Å². The number of carbonyl (C=O) groups excluding carboxylic acids is 4. The molecular formula is C17H19N3O7. The number of esters is 1. The maximum absolute atomic E-state index is 12.3. The van der Waals surface area contributed by atoms with Gasteiger partial charge in [0.1, 0.15) is 12.2 Å². The van der Waals surface area contributed by atoms with Crippen molar-refractivity contribution in [1.82, 2.24) is 10.2 Å². The van der Waals surface area contributed by atoms with Gasteiger partial charge in [0.05, 0.1) is 13.7 Å². The number of methoxy groups -OCH3 is 1. The number of hydrogen-bond acceptors (Lipinski definition) is 7. The van der Waals surface area contributed by atoms with Crippen LogP contribution in [0.2, 0.25) is 0 Å². The molecule has 1 aliphatic rings. The highest BCUT2D eigenvalue weighted by Crippen LogP contribution is 2.29. The molecule has 1 aliphatic heterocycles. The SMILES string of the molecule is CCOc1cc(/C=C2/NC(=O)N(CC(=O)OC)C2=O)ccc1OCC(N)=O. The van der Waals surface area contributed by atoms with Crippen LogP contribution in [0.15, 0.2) is 23.9 Å². The van der Waals surface area contributed by atoms with E-state index in [4.69, 9.17) is 15.2 Å². The minimum Gasteiger partial charge on any atom is -0.490 e. The Hall–Kier alpha value is -3.56. The number of imide groups is 1. The molecular weight excluding hydrogens is 358 g/mol. The molecule has 1 saturated heterocycles. The normalized spacial score (nSPS) is 14.9. The molecule has 2 rings (SSSR count). The number of rotatable bonds is 8. The van der Waals surface area contributed by atoms with Crippen LogP contribution in [0.3, 0.4) is 0 Å². The first-order chi connectivity index (χ1) is 12.8. The van der Waals surface area contributed by atoms with Crippen LogP contribution < -0.4 is 20.5 Å². The lowest BCUT2D eigenvalue weighted by Gasteiger charge is -2.11. The van der Waals surface area contributed by atoms with Gasteiger partial charge in [0.25, 0.3) is 11.8 Å². The third kappa shape index (κ3) is 4.97. The summed E-state index contributed by atoms with van der Waals surface area (Å²) in [5.41, 5.74) is 5.59. The number of primary amides is 1. The van der Waals surface area contributed by atoms with Crippen LogP contribution in [0.1, 0.15) is 12.5 Å². The number of carbonyl (C=O) groups is 4. The highest BCUT2D eigenvalue weighted by atomic mass is 16.5. The molecule has 0 atom stereocenters. The Morgan fingerprint density at radius 2 is 1.96 bits per heavy atom. The average molecular weight is 377 g/mol. The molecule has 0 bridgehead atoms. The zero-order valence-electron chi connectivity index (χ0n) is 14.8. The maximum atomic E-state index is 12.3. The zero-order valence-corrected chi connectivity index (χ0v) is 14.8. The lowest BCUT2D eigenvalue weighted by atomic mass is 10.1. The monoisotopic (exact) mass is 377 g/mol. The highest BCUT2D eigenvalue weighted by molar-refractivity contribution is 6.15.